The summed E-state index contributed by atoms with van der Waals surface area (Å²) in [4.78, 5) is 7.49. The molecule has 22 heavy (non-hydrogen) atoms. The van der Waals surface area contributed by atoms with Crippen molar-refractivity contribution >= 4 is 17.6 Å². The lowest BCUT2D eigenvalue weighted by atomic mass is 10.2. The number of phenols is 1. The van der Waals surface area contributed by atoms with Crippen molar-refractivity contribution in [1.29, 1.82) is 0 Å². The first kappa shape index (κ1) is 15.2. The zero-order chi connectivity index (χ0) is 15.2. The molecule has 0 radical (unpaired) electrons. The number of morpholine rings is 1. The van der Waals surface area contributed by atoms with Crippen LogP contribution in [0.3, 0.4) is 0 Å². The summed E-state index contributed by atoms with van der Waals surface area (Å²) in [6.07, 6.45) is 1.77. The maximum absolute atomic E-state index is 9.80. The number of thiophene rings is 1. The molecule has 0 spiro atoms. The first-order valence-corrected chi connectivity index (χ1v) is 8.46. The van der Waals surface area contributed by atoms with Gasteiger partial charge in [0, 0.05) is 11.8 Å². The Morgan fingerprint density at radius 3 is 2.77 bits per heavy atom. The Morgan fingerprint density at radius 2 is 2.05 bits per heavy atom. The van der Waals surface area contributed by atoms with Crippen LogP contribution in [0.15, 0.2) is 46.8 Å². The molecule has 1 aliphatic heterocycles. The van der Waals surface area contributed by atoms with Gasteiger partial charge in [0.05, 0.1) is 24.6 Å². The molecule has 2 aromatic rings. The second-order valence-electron chi connectivity index (χ2n) is 5.39. The molecule has 2 N–H and O–H groups in total. The average molecular weight is 317 g/mol. The highest BCUT2D eigenvalue weighted by Gasteiger charge is 2.26. The Bertz CT molecular complexity index is 607. The van der Waals surface area contributed by atoms with Crippen molar-refractivity contribution < 1.29 is 14.7 Å². The number of quaternary nitrogens is 1. The summed E-state index contributed by atoms with van der Waals surface area (Å²) < 4.78 is 5.47. The number of ether oxygens (including phenoxy) is 1. The smallest absolute Gasteiger partial charge is 0.142 e. The molecule has 0 saturated carbocycles. The van der Waals surface area contributed by atoms with Crippen molar-refractivity contribution in [3.05, 3.63) is 52.2 Å². The van der Waals surface area contributed by atoms with Gasteiger partial charge in [0.1, 0.15) is 24.9 Å². The molecule has 1 aliphatic rings. The monoisotopic (exact) mass is 317 g/mol. The fourth-order valence-electron chi connectivity index (χ4n) is 2.75. The summed E-state index contributed by atoms with van der Waals surface area (Å²) in [6, 6.07) is 11.9. The molecular formula is C17H21N2O2S+. The molecule has 1 atom stereocenters. The summed E-state index contributed by atoms with van der Waals surface area (Å²) in [6.45, 7) is 4.41. The minimum absolute atomic E-state index is 0.276. The Labute approximate surface area is 134 Å². The van der Waals surface area contributed by atoms with Gasteiger partial charge < -0.3 is 14.7 Å². The van der Waals surface area contributed by atoms with Crippen LogP contribution in [0.1, 0.15) is 16.5 Å². The van der Waals surface area contributed by atoms with E-state index in [-0.39, 0.29) is 5.75 Å². The van der Waals surface area contributed by atoms with Crippen LogP contribution in [0.4, 0.5) is 0 Å². The predicted molar refractivity (Wildman–Crippen MR) is 89.1 cm³/mol. The second kappa shape index (κ2) is 7.54. The van der Waals surface area contributed by atoms with Gasteiger partial charge in [-0.2, -0.15) is 0 Å². The number of phenolic OH excluding ortho intramolecular Hbond substituents is 1. The highest BCUT2D eigenvalue weighted by atomic mass is 32.1. The highest BCUT2D eigenvalue weighted by Crippen LogP contribution is 2.18. The van der Waals surface area contributed by atoms with Crippen LogP contribution < -0.4 is 4.90 Å². The van der Waals surface area contributed by atoms with Gasteiger partial charge in [-0.05, 0) is 23.6 Å². The third kappa shape index (κ3) is 3.74. The lowest BCUT2D eigenvalue weighted by molar-refractivity contribution is -0.937. The number of nitrogens with zero attached hydrogens (tertiary/aromatic N) is 1. The van der Waals surface area contributed by atoms with Crippen molar-refractivity contribution in [2.45, 2.75) is 6.04 Å². The summed E-state index contributed by atoms with van der Waals surface area (Å²) >= 11 is 1.79. The third-order valence-corrected chi connectivity index (χ3v) is 4.96. The van der Waals surface area contributed by atoms with Gasteiger partial charge in [0.2, 0.25) is 0 Å². The van der Waals surface area contributed by atoms with Gasteiger partial charge in [-0.15, -0.1) is 11.3 Å². The number of para-hydroxylation sites is 1. The fourth-order valence-corrected chi connectivity index (χ4v) is 3.62. The van der Waals surface area contributed by atoms with Crippen molar-refractivity contribution in [1.82, 2.24) is 0 Å². The number of hydrogen-bond donors (Lipinski definition) is 2. The number of aromatic hydroxyl groups is 1. The summed E-state index contributed by atoms with van der Waals surface area (Å²) in [5.74, 6) is 0.276. The summed E-state index contributed by atoms with van der Waals surface area (Å²) in [5.41, 5.74) is 0.768. The average Bonchev–Trinajstić information content (AvgIpc) is 3.08. The van der Waals surface area contributed by atoms with E-state index >= 15 is 0 Å². The molecule has 1 fully saturated rings. The molecule has 3 rings (SSSR count). The van der Waals surface area contributed by atoms with Crippen LogP contribution in [-0.2, 0) is 4.74 Å². The van der Waals surface area contributed by atoms with E-state index in [1.54, 1.807) is 23.6 Å². The number of hydrogen-bond acceptors (Lipinski definition) is 4. The largest absolute Gasteiger partial charge is 0.507 e. The molecule has 1 aromatic heterocycles. The van der Waals surface area contributed by atoms with E-state index < -0.39 is 0 Å². The van der Waals surface area contributed by atoms with Gasteiger partial charge >= 0.3 is 0 Å². The maximum atomic E-state index is 9.80. The van der Waals surface area contributed by atoms with Gasteiger partial charge in [-0.3, -0.25) is 4.99 Å². The first-order valence-electron chi connectivity index (χ1n) is 7.58. The Kier molecular flexibility index (Phi) is 5.21. The summed E-state index contributed by atoms with van der Waals surface area (Å²) in [7, 11) is 0. The van der Waals surface area contributed by atoms with Crippen LogP contribution >= 0.6 is 11.3 Å². The van der Waals surface area contributed by atoms with E-state index in [4.69, 9.17) is 4.74 Å². The van der Waals surface area contributed by atoms with E-state index in [1.807, 2.05) is 18.2 Å². The molecule has 0 bridgehead atoms. The Morgan fingerprint density at radius 1 is 1.23 bits per heavy atom. The molecule has 1 aromatic carbocycles. The van der Waals surface area contributed by atoms with Crippen LogP contribution in [0.25, 0.3) is 0 Å². The minimum atomic E-state index is 0.276. The van der Waals surface area contributed by atoms with Crippen LogP contribution in [0, 0.1) is 0 Å². The SMILES string of the molecule is Oc1ccccc1C=NC[C@H](c1cccs1)[NH+]1CCOCC1. The zero-order valence-corrected chi connectivity index (χ0v) is 13.3. The predicted octanol–water partition coefficient (Wildman–Crippen LogP) is 1.53. The number of benzene rings is 1. The Balaban J connectivity index is 1.71. The van der Waals surface area contributed by atoms with Gasteiger partial charge in [-0.1, -0.05) is 18.2 Å². The topological polar surface area (TPSA) is 46.3 Å². The quantitative estimate of drug-likeness (QED) is 0.822. The number of aliphatic imine (C=N–C) groups is 1. The molecule has 1 saturated heterocycles. The van der Waals surface area contributed by atoms with Crippen molar-refractivity contribution in [3.8, 4) is 5.75 Å². The second-order valence-corrected chi connectivity index (χ2v) is 6.37. The van der Waals surface area contributed by atoms with E-state index in [0.29, 0.717) is 6.04 Å². The van der Waals surface area contributed by atoms with E-state index in [1.165, 1.54) is 9.78 Å². The molecular weight excluding hydrogens is 296 g/mol. The zero-order valence-electron chi connectivity index (χ0n) is 12.4. The summed E-state index contributed by atoms with van der Waals surface area (Å²) in [5, 5.41) is 11.9. The van der Waals surface area contributed by atoms with Crippen LogP contribution in [0.2, 0.25) is 0 Å². The molecule has 2 heterocycles. The van der Waals surface area contributed by atoms with Crippen molar-refractivity contribution in [2.75, 3.05) is 32.8 Å². The molecule has 0 unspecified atom stereocenters. The van der Waals surface area contributed by atoms with Crippen molar-refractivity contribution in [3.63, 3.8) is 0 Å². The lowest BCUT2D eigenvalue weighted by Crippen LogP contribution is -3.14. The molecule has 0 aliphatic carbocycles. The van der Waals surface area contributed by atoms with Crippen LogP contribution in [0.5, 0.6) is 5.75 Å². The van der Waals surface area contributed by atoms with Crippen LogP contribution in [-0.4, -0.2) is 44.2 Å². The number of rotatable bonds is 5. The molecule has 0 amide bonds. The van der Waals surface area contributed by atoms with E-state index in [9.17, 15) is 5.11 Å². The maximum Gasteiger partial charge on any atom is 0.142 e. The first-order chi connectivity index (χ1) is 10.8. The highest BCUT2D eigenvalue weighted by molar-refractivity contribution is 7.10. The molecule has 116 valence electrons. The van der Waals surface area contributed by atoms with Gasteiger partial charge in [0.25, 0.3) is 0 Å². The van der Waals surface area contributed by atoms with E-state index in [2.05, 4.69) is 22.5 Å². The third-order valence-electron chi connectivity index (χ3n) is 3.97. The molecule has 4 nitrogen and oxygen atoms in total. The minimum Gasteiger partial charge on any atom is -0.507 e. The lowest BCUT2D eigenvalue weighted by Gasteiger charge is -2.30. The van der Waals surface area contributed by atoms with Crippen molar-refractivity contribution in [2.24, 2.45) is 4.99 Å². The van der Waals surface area contributed by atoms with E-state index in [0.717, 1.165) is 38.4 Å². The normalized spacial score (nSPS) is 17.8. The van der Waals surface area contributed by atoms with Gasteiger partial charge in [0.15, 0.2) is 0 Å². The number of nitrogens with one attached hydrogen (secondary N) is 1. The van der Waals surface area contributed by atoms with Gasteiger partial charge in [-0.25, -0.2) is 0 Å². The molecule has 5 heteroatoms. The fraction of sp³-hybridized carbons (Fsp3) is 0.353. The standard InChI is InChI=1S/C17H20N2O2S/c20-16-5-2-1-4-14(16)12-18-13-15(17-6-3-11-22-17)19-7-9-21-10-8-19/h1-6,11-12,15,20H,7-10,13H2/p+1/t15-/m1/s1. The Hall–Kier alpha value is -1.69.